The van der Waals surface area contributed by atoms with E-state index in [4.69, 9.17) is 22.1 Å². The molecule has 0 aliphatic rings. The van der Waals surface area contributed by atoms with Gasteiger partial charge >= 0.3 is 0 Å². The van der Waals surface area contributed by atoms with Gasteiger partial charge in [0.15, 0.2) is 0 Å². The van der Waals surface area contributed by atoms with Gasteiger partial charge in [-0.1, -0.05) is 17.7 Å². The van der Waals surface area contributed by atoms with Crippen LogP contribution in [0.4, 0.5) is 10.1 Å². The van der Waals surface area contributed by atoms with E-state index >= 15 is 0 Å². The first-order valence-corrected chi connectivity index (χ1v) is 9.27. The lowest BCUT2D eigenvalue weighted by molar-refractivity contribution is 0.488. The lowest BCUT2D eigenvalue weighted by Crippen LogP contribution is -2.02. The van der Waals surface area contributed by atoms with Gasteiger partial charge < -0.3 is 15.8 Å². The maximum Gasteiger partial charge on any atom is 0.136 e. The lowest BCUT2D eigenvalue weighted by atomic mass is 10.1. The third-order valence-corrected chi connectivity index (χ3v) is 4.52. The first kappa shape index (κ1) is 18.8. The summed E-state index contributed by atoms with van der Waals surface area (Å²) in [6, 6.07) is 22.6. The van der Waals surface area contributed by atoms with Crippen molar-refractivity contribution >= 4 is 33.9 Å². The Morgan fingerprint density at radius 2 is 1.72 bits per heavy atom. The van der Waals surface area contributed by atoms with Crippen molar-refractivity contribution in [2.45, 2.75) is 0 Å². The lowest BCUT2D eigenvalue weighted by Gasteiger charge is -2.10. The Balaban J connectivity index is 1.58. The van der Waals surface area contributed by atoms with Crippen LogP contribution in [0.3, 0.4) is 0 Å². The van der Waals surface area contributed by atoms with Crippen molar-refractivity contribution in [3.05, 3.63) is 102 Å². The Kier molecular flexibility index (Phi) is 5.31. The van der Waals surface area contributed by atoms with Crippen molar-refractivity contribution < 1.29 is 9.13 Å². The molecular formula is C23H17ClFN3O. The van der Waals surface area contributed by atoms with Gasteiger partial charge in [-0.3, -0.25) is 0 Å². The molecule has 6 heteroatoms. The molecule has 0 unspecified atom stereocenters. The van der Waals surface area contributed by atoms with Gasteiger partial charge in [0.2, 0.25) is 0 Å². The van der Waals surface area contributed by atoms with Crippen LogP contribution in [0.25, 0.3) is 16.6 Å². The highest BCUT2D eigenvalue weighted by molar-refractivity contribution is 6.30. The summed E-state index contributed by atoms with van der Waals surface area (Å²) in [5, 5.41) is 4.55. The standard InChI is InChI=1S/C23H17ClFN3O/c24-15-4-10-18(11-5-15)29-23-3-1-2-21-19(23)12-13-22(28-21)20(26)14-27-17-8-6-16(25)7-9-17/h1-14,27H,26H2/b20-14-. The van der Waals surface area contributed by atoms with Crippen LogP contribution in [-0.2, 0) is 0 Å². The van der Waals surface area contributed by atoms with Gasteiger partial charge in [0, 0.05) is 22.3 Å². The smallest absolute Gasteiger partial charge is 0.136 e. The Hall–Kier alpha value is -3.57. The molecule has 0 saturated carbocycles. The number of nitrogens with one attached hydrogen (secondary N) is 1. The maximum absolute atomic E-state index is 13.0. The molecular weight excluding hydrogens is 389 g/mol. The summed E-state index contributed by atoms with van der Waals surface area (Å²) >= 11 is 5.92. The van der Waals surface area contributed by atoms with Gasteiger partial charge in [-0.15, -0.1) is 0 Å². The van der Waals surface area contributed by atoms with E-state index in [1.807, 2.05) is 42.5 Å². The second kappa shape index (κ2) is 8.20. The van der Waals surface area contributed by atoms with E-state index in [2.05, 4.69) is 10.3 Å². The number of halogens is 2. The topological polar surface area (TPSA) is 60.2 Å². The van der Waals surface area contributed by atoms with E-state index < -0.39 is 0 Å². The molecule has 0 spiro atoms. The molecule has 1 heterocycles. The van der Waals surface area contributed by atoms with Crippen molar-refractivity contribution in [1.82, 2.24) is 4.98 Å². The Morgan fingerprint density at radius 1 is 0.966 bits per heavy atom. The number of fused-ring (bicyclic) bond motifs is 1. The zero-order valence-electron chi connectivity index (χ0n) is 15.3. The number of aromatic nitrogens is 1. The average Bonchev–Trinajstić information content (AvgIpc) is 2.74. The van der Waals surface area contributed by atoms with E-state index in [-0.39, 0.29) is 5.82 Å². The number of rotatable bonds is 5. The molecule has 0 saturated heterocycles. The SMILES string of the molecule is N/C(=C\Nc1ccc(F)cc1)c1ccc2c(Oc3ccc(Cl)cc3)cccc2n1. The van der Waals surface area contributed by atoms with Crippen LogP contribution in [-0.4, -0.2) is 4.98 Å². The van der Waals surface area contributed by atoms with Crippen molar-refractivity contribution in [2.75, 3.05) is 5.32 Å². The van der Waals surface area contributed by atoms with Gasteiger partial charge in [0.1, 0.15) is 17.3 Å². The number of benzene rings is 3. The predicted octanol–water partition coefficient (Wildman–Crippen LogP) is 6.19. The summed E-state index contributed by atoms with van der Waals surface area (Å²) in [4.78, 5) is 4.62. The maximum atomic E-state index is 13.0. The number of hydrogen-bond donors (Lipinski definition) is 2. The quantitative estimate of drug-likeness (QED) is 0.415. The van der Waals surface area contributed by atoms with Gasteiger partial charge in [-0.05, 0) is 72.8 Å². The van der Waals surface area contributed by atoms with Crippen LogP contribution >= 0.6 is 11.6 Å². The van der Waals surface area contributed by atoms with E-state index in [1.54, 1.807) is 30.5 Å². The largest absolute Gasteiger partial charge is 0.457 e. The van der Waals surface area contributed by atoms with Crippen molar-refractivity contribution in [2.24, 2.45) is 5.73 Å². The minimum atomic E-state index is -0.291. The molecule has 0 radical (unpaired) electrons. The summed E-state index contributed by atoms with van der Waals surface area (Å²) in [5.74, 6) is 1.09. The van der Waals surface area contributed by atoms with Crippen LogP contribution < -0.4 is 15.8 Å². The molecule has 0 amide bonds. The minimum Gasteiger partial charge on any atom is -0.457 e. The molecule has 4 rings (SSSR count). The van der Waals surface area contributed by atoms with Crippen molar-refractivity contribution in [3.63, 3.8) is 0 Å². The molecule has 4 nitrogen and oxygen atoms in total. The molecule has 0 aliphatic carbocycles. The molecule has 3 N–H and O–H groups in total. The third-order valence-electron chi connectivity index (χ3n) is 4.27. The molecule has 1 aromatic heterocycles. The zero-order chi connectivity index (χ0) is 20.2. The normalized spacial score (nSPS) is 11.4. The molecule has 29 heavy (non-hydrogen) atoms. The third kappa shape index (κ3) is 4.47. The van der Waals surface area contributed by atoms with Crippen LogP contribution in [0, 0.1) is 5.82 Å². The number of hydrogen-bond acceptors (Lipinski definition) is 4. The highest BCUT2D eigenvalue weighted by Crippen LogP contribution is 2.30. The fourth-order valence-electron chi connectivity index (χ4n) is 2.79. The molecule has 0 fully saturated rings. The van der Waals surface area contributed by atoms with Crippen LogP contribution in [0.5, 0.6) is 11.5 Å². The summed E-state index contributed by atoms with van der Waals surface area (Å²) in [7, 11) is 0. The zero-order valence-corrected chi connectivity index (χ0v) is 16.0. The van der Waals surface area contributed by atoms with Crippen molar-refractivity contribution in [3.8, 4) is 11.5 Å². The number of pyridine rings is 1. The molecule has 0 atom stereocenters. The van der Waals surface area contributed by atoms with E-state index in [0.29, 0.717) is 27.9 Å². The van der Waals surface area contributed by atoms with Crippen LogP contribution in [0.1, 0.15) is 5.69 Å². The second-order valence-corrected chi connectivity index (χ2v) is 6.76. The first-order valence-electron chi connectivity index (χ1n) is 8.90. The monoisotopic (exact) mass is 405 g/mol. The van der Waals surface area contributed by atoms with E-state index in [1.165, 1.54) is 12.1 Å². The predicted molar refractivity (Wildman–Crippen MR) is 115 cm³/mol. The summed E-state index contributed by atoms with van der Waals surface area (Å²) < 4.78 is 19.0. The van der Waals surface area contributed by atoms with Gasteiger partial charge in [-0.25, -0.2) is 9.37 Å². The number of anilines is 1. The number of ether oxygens (including phenoxy) is 1. The van der Waals surface area contributed by atoms with Crippen LogP contribution in [0.2, 0.25) is 5.02 Å². The summed E-state index contributed by atoms with van der Waals surface area (Å²) in [6.45, 7) is 0. The minimum absolute atomic E-state index is 0.291. The Labute approximate surface area is 172 Å². The van der Waals surface area contributed by atoms with Gasteiger partial charge in [0.05, 0.1) is 16.9 Å². The Bertz CT molecular complexity index is 1180. The Morgan fingerprint density at radius 3 is 2.48 bits per heavy atom. The fourth-order valence-corrected chi connectivity index (χ4v) is 2.91. The fraction of sp³-hybridized carbons (Fsp3) is 0. The molecule has 3 aromatic carbocycles. The number of nitrogens with zero attached hydrogens (tertiary/aromatic N) is 1. The molecule has 144 valence electrons. The van der Waals surface area contributed by atoms with Crippen LogP contribution in [0.15, 0.2) is 85.1 Å². The van der Waals surface area contributed by atoms with Gasteiger partial charge in [0.25, 0.3) is 0 Å². The highest BCUT2D eigenvalue weighted by Gasteiger charge is 2.07. The highest BCUT2D eigenvalue weighted by atomic mass is 35.5. The van der Waals surface area contributed by atoms with E-state index in [0.717, 1.165) is 16.6 Å². The summed E-state index contributed by atoms with van der Waals surface area (Å²) in [6.07, 6.45) is 1.63. The second-order valence-electron chi connectivity index (χ2n) is 6.33. The average molecular weight is 406 g/mol. The summed E-state index contributed by atoms with van der Waals surface area (Å²) in [5.41, 5.74) is 8.72. The molecule has 0 aliphatic heterocycles. The number of nitrogens with two attached hydrogens (primary N) is 1. The van der Waals surface area contributed by atoms with Gasteiger partial charge in [-0.2, -0.15) is 0 Å². The van der Waals surface area contributed by atoms with E-state index in [9.17, 15) is 4.39 Å². The molecule has 4 aromatic rings. The first-order chi connectivity index (χ1) is 14.1. The van der Waals surface area contributed by atoms with Crippen molar-refractivity contribution in [1.29, 1.82) is 0 Å². The molecule has 0 bridgehead atoms.